The molecule has 0 aliphatic carbocycles. The Labute approximate surface area is 174 Å². The Morgan fingerprint density at radius 2 is 1.75 bits per heavy atom. The molecule has 0 spiro atoms. The Bertz CT molecular complexity index is 802. The summed E-state index contributed by atoms with van der Waals surface area (Å²) in [4.78, 5) is 35.5. The molecular formula is C20H22N2O4SSe. The van der Waals surface area contributed by atoms with Gasteiger partial charge in [-0.3, -0.25) is 0 Å². The van der Waals surface area contributed by atoms with Crippen LogP contribution in [0.15, 0.2) is 54.6 Å². The van der Waals surface area contributed by atoms with E-state index < -0.39 is 5.97 Å². The number of hydrogen-bond acceptors (Lipinski definition) is 5. The van der Waals surface area contributed by atoms with Crippen LogP contribution in [-0.4, -0.2) is 50.5 Å². The number of carbonyl (C=O) groups is 3. The number of amides is 2. The zero-order valence-electron chi connectivity index (χ0n) is 15.5. The molecule has 0 saturated heterocycles. The van der Waals surface area contributed by atoms with Crippen LogP contribution in [0.25, 0.3) is 0 Å². The van der Waals surface area contributed by atoms with Crippen LogP contribution in [0.4, 0.5) is 5.69 Å². The second-order valence-electron chi connectivity index (χ2n) is 5.55. The zero-order chi connectivity index (χ0) is 20.2. The van der Waals surface area contributed by atoms with Gasteiger partial charge >= 0.3 is 174 Å². The molecule has 0 aliphatic rings. The SMILES string of the molecule is CCOC(=O)CNC(=O)CCS[Se]c1ccccc1C(=O)Nc1ccccc1. The number of hydrogen-bond donors (Lipinski definition) is 2. The van der Waals surface area contributed by atoms with Crippen molar-refractivity contribution >= 4 is 51.9 Å². The average molecular weight is 465 g/mol. The molecule has 2 N–H and O–H groups in total. The first-order chi connectivity index (χ1) is 13.6. The van der Waals surface area contributed by atoms with Crippen LogP contribution < -0.4 is 15.1 Å². The fraction of sp³-hybridized carbons (Fsp3) is 0.250. The van der Waals surface area contributed by atoms with Crippen molar-refractivity contribution in [3.63, 3.8) is 0 Å². The number of anilines is 1. The number of rotatable bonds is 10. The Kier molecular flexibility index (Phi) is 9.62. The fourth-order valence-electron chi connectivity index (χ4n) is 2.16. The standard InChI is InChI=1S/C20H22N2O4SSe/c1-2-26-19(24)14-21-18(23)12-13-27-28-17-11-7-6-10-16(17)20(25)22-15-8-4-3-5-9-15/h3-11H,2,12-14H2,1H3,(H,21,23)(H,22,25). The van der Waals surface area contributed by atoms with Crippen LogP contribution >= 0.6 is 10.2 Å². The molecule has 0 aromatic heterocycles. The minimum absolute atomic E-state index is 0.00789. The molecule has 148 valence electrons. The summed E-state index contributed by atoms with van der Waals surface area (Å²) < 4.78 is 5.73. The van der Waals surface area contributed by atoms with Crippen molar-refractivity contribution in [3.05, 3.63) is 60.2 Å². The summed E-state index contributed by atoms with van der Waals surface area (Å²) in [6.07, 6.45) is 0.310. The number of esters is 1. The third-order valence-electron chi connectivity index (χ3n) is 3.46. The van der Waals surface area contributed by atoms with E-state index in [-0.39, 0.29) is 32.2 Å². The van der Waals surface area contributed by atoms with Gasteiger partial charge in [0, 0.05) is 0 Å². The number of benzene rings is 2. The third-order valence-corrected chi connectivity index (χ3v) is 7.80. The monoisotopic (exact) mass is 466 g/mol. The molecule has 8 heteroatoms. The molecule has 0 unspecified atom stereocenters. The van der Waals surface area contributed by atoms with Crippen LogP contribution in [0.3, 0.4) is 0 Å². The molecule has 2 aromatic rings. The molecule has 2 rings (SSSR count). The summed E-state index contributed by atoms with van der Waals surface area (Å²) in [7, 11) is 1.62. The van der Waals surface area contributed by atoms with Crippen LogP contribution in [0.2, 0.25) is 0 Å². The number of ether oxygens (including phenoxy) is 1. The predicted molar refractivity (Wildman–Crippen MR) is 113 cm³/mol. The van der Waals surface area contributed by atoms with Gasteiger partial charge < -0.3 is 0 Å². The van der Waals surface area contributed by atoms with Crippen molar-refractivity contribution in [2.45, 2.75) is 13.3 Å². The Morgan fingerprint density at radius 3 is 2.50 bits per heavy atom. The van der Waals surface area contributed by atoms with Crippen LogP contribution in [-0.2, 0) is 14.3 Å². The van der Waals surface area contributed by atoms with E-state index in [9.17, 15) is 14.4 Å². The van der Waals surface area contributed by atoms with Gasteiger partial charge in [-0.05, 0) is 0 Å². The van der Waals surface area contributed by atoms with Gasteiger partial charge in [0.25, 0.3) is 0 Å². The molecule has 0 radical (unpaired) electrons. The molecule has 0 saturated carbocycles. The third kappa shape index (κ3) is 7.76. The Balaban J connectivity index is 1.79. The topological polar surface area (TPSA) is 84.5 Å². The van der Waals surface area contributed by atoms with Gasteiger partial charge in [0.05, 0.1) is 0 Å². The molecule has 0 bridgehead atoms. The van der Waals surface area contributed by atoms with E-state index in [1.165, 1.54) is 0 Å². The molecule has 0 aliphatic heterocycles. The second kappa shape index (κ2) is 12.2. The van der Waals surface area contributed by atoms with E-state index in [0.717, 1.165) is 10.1 Å². The first-order valence-electron chi connectivity index (χ1n) is 8.77. The summed E-state index contributed by atoms with van der Waals surface area (Å²) in [5.74, 6) is -0.155. The quantitative estimate of drug-likeness (QED) is 0.319. The zero-order valence-corrected chi connectivity index (χ0v) is 18.0. The van der Waals surface area contributed by atoms with E-state index in [0.29, 0.717) is 24.3 Å². The molecular weight excluding hydrogens is 443 g/mol. The molecule has 0 heterocycles. The maximum absolute atomic E-state index is 12.6. The minimum atomic E-state index is -0.439. The van der Waals surface area contributed by atoms with Crippen molar-refractivity contribution in [1.29, 1.82) is 0 Å². The van der Waals surface area contributed by atoms with E-state index in [1.807, 2.05) is 54.6 Å². The average Bonchev–Trinajstić information content (AvgIpc) is 2.71. The first kappa shape index (κ1) is 22.0. The Hall–Kier alpha value is -2.28. The summed E-state index contributed by atoms with van der Waals surface area (Å²) in [5, 5.41) is 5.44. The van der Waals surface area contributed by atoms with Crippen molar-refractivity contribution in [2.75, 3.05) is 24.2 Å². The summed E-state index contributed by atoms with van der Waals surface area (Å²) >= 11 is -0.00789. The van der Waals surface area contributed by atoms with Gasteiger partial charge in [-0.25, -0.2) is 0 Å². The fourth-order valence-corrected chi connectivity index (χ4v) is 6.05. The van der Waals surface area contributed by atoms with Crippen LogP contribution in [0.5, 0.6) is 0 Å². The first-order valence-corrected chi connectivity index (χ1v) is 12.6. The van der Waals surface area contributed by atoms with Crippen LogP contribution in [0, 0.1) is 0 Å². The van der Waals surface area contributed by atoms with Crippen molar-refractivity contribution < 1.29 is 19.1 Å². The van der Waals surface area contributed by atoms with Gasteiger partial charge in [-0.1, -0.05) is 0 Å². The van der Waals surface area contributed by atoms with Gasteiger partial charge in [-0.15, -0.1) is 0 Å². The second-order valence-corrected chi connectivity index (χ2v) is 9.82. The molecule has 2 amide bonds. The Morgan fingerprint density at radius 1 is 1.04 bits per heavy atom. The van der Waals surface area contributed by atoms with Gasteiger partial charge in [0.2, 0.25) is 0 Å². The summed E-state index contributed by atoms with van der Waals surface area (Å²) in [6, 6.07) is 16.8. The number of carbonyl (C=O) groups excluding carboxylic acids is 3. The summed E-state index contributed by atoms with van der Waals surface area (Å²) in [5.41, 5.74) is 1.39. The van der Waals surface area contributed by atoms with Crippen LogP contribution in [0.1, 0.15) is 23.7 Å². The maximum atomic E-state index is 12.6. The van der Waals surface area contributed by atoms with E-state index >= 15 is 0 Å². The normalized spacial score (nSPS) is 10.2. The van der Waals surface area contributed by atoms with Gasteiger partial charge in [-0.2, -0.15) is 0 Å². The molecule has 6 nitrogen and oxygen atoms in total. The molecule has 2 aromatic carbocycles. The summed E-state index contributed by atoms with van der Waals surface area (Å²) in [6.45, 7) is 1.91. The van der Waals surface area contributed by atoms with Crippen molar-refractivity contribution in [3.8, 4) is 0 Å². The van der Waals surface area contributed by atoms with E-state index in [2.05, 4.69) is 10.6 Å². The number of nitrogens with one attached hydrogen (secondary N) is 2. The molecule has 0 atom stereocenters. The molecule has 28 heavy (non-hydrogen) atoms. The van der Waals surface area contributed by atoms with E-state index in [4.69, 9.17) is 4.74 Å². The number of para-hydroxylation sites is 1. The van der Waals surface area contributed by atoms with Gasteiger partial charge in [0.1, 0.15) is 0 Å². The van der Waals surface area contributed by atoms with Gasteiger partial charge in [0.15, 0.2) is 0 Å². The predicted octanol–water partition coefficient (Wildman–Crippen LogP) is 1.99. The van der Waals surface area contributed by atoms with E-state index in [1.54, 1.807) is 17.1 Å². The van der Waals surface area contributed by atoms with Crippen molar-refractivity contribution in [1.82, 2.24) is 5.32 Å². The van der Waals surface area contributed by atoms with Crippen molar-refractivity contribution in [2.24, 2.45) is 0 Å². The molecule has 0 fully saturated rings.